The number of benzene rings is 5. The van der Waals surface area contributed by atoms with Gasteiger partial charge in [-0.25, -0.2) is 9.97 Å². The molecule has 6 heteroatoms. The molecule has 0 fully saturated rings. The van der Waals surface area contributed by atoms with Crippen molar-refractivity contribution in [3.8, 4) is 11.4 Å². The second-order valence-corrected chi connectivity index (χ2v) is 12.1. The van der Waals surface area contributed by atoms with Crippen molar-refractivity contribution in [2.24, 2.45) is 0 Å². The first kappa shape index (κ1) is 24.8. The van der Waals surface area contributed by atoms with E-state index in [0.717, 1.165) is 55.5 Å². The Morgan fingerprint density at radius 3 is 1.85 bits per heavy atom. The highest BCUT2D eigenvalue weighted by Crippen LogP contribution is 2.45. The van der Waals surface area contributed by atoms with E-state index in [4.69, 9.17) is 9.97 Å². The number of imidazole rings is 1. The van der Waals surface area contributed by atoms with E-state index in [1.54, 1.807) is 6.20 Å². The van der Waals surface area contributed by atoms with Crippen molar-refractivity contribution in [3.05, 3.63) is 146 Å². The van der Waals surface area contributed by atoms with Crippen molar-refractivity contribution >= 4 is 82.2 Å². The third kappa shape index (κ3) is 3.16. The largest absolute Gasteiger partial charge is 0.309 e. The second-order valence-electron chi connectivity index (χ2n) is 12.1. The summed E-state index contributed by atoms with van der Waals surface area (Å²) in [7, 11) is 0. The van der Waals surface area contributed by atoms with Gasteiger partial charge in [0.2, 0.25) is 0 Å². The quantitative estimate of drug-likeness (QED) is 0.186. The van der Waals surface area contributed by atoms with Crippen LogP contribution in [-0.2, 0) is 0 Å². The van der Waals surface area contributed by atoms with Crippen LogP contribution in [0.5, 0.6) is 0 Å². The lowest BCUT2D eigenvalue weighted by atomic mass is 10.0. The van der Waals surface area contributed by atoms with E-state index in [-0.39, 0.29) is 0 Å². The standard InChI is InChI=1S/C41H24N6/c1-3-11-25(12-4-1)45-30-16-8-7-15-27(30)36-32(45)21-19-28-35-31(46(39(28)36)26-13-5-2-6-14-26)22-20-29-37(35)38-33(17-9-23-42-38)47-34-18-10-24-43-40(34)44-41(29)47/h1-24H. The summed E-state index contributed by atoms with van der Waals surface area (Å²) in [6, 6.07) is 47.4. The van der Waals surface area contributed by atoms with Gasteiger partial charge in [-0.1, -0.05) is 60.7 Å². The Hall–Kier alpha value is -6.53. The molecule has 0 unspecified atom stereocenters. The predicted molar refractivity (Wildman–Crippen MR) is 192 cm³/mol. The number of rotatable bonds is 2. The van der Waals surface area contributed by atoms with E-state index in [1.165, 1.54) is 38.1 Å². The average Bonchev–Trinajstić information content (AvgIpc) is 3.80. The molecule has 6 heterocycles. The molecule has 0 aliphatic rings. The molecule has 6 aromatic heterocycles. The van der Waals surface area contributed by atoms with Crippen LogP contribution in [-0.4, -0.2) is 28.5 Å². The molecule has 0 radical (unpaired) electrons. The number of nitrogens with zero attached hydrogens (tertiary/aromatic N) is 6. The summed E-state index contributed by atoms with van der Waals surface area (Å²) >= 11 is 0. The van der Waals surface area contributed by atoms with Crippen LogP contribution in [0.2, 0.25) is 0 Å². The molecule has 0 aliphatic carbocycles. The van der Waals surface area contributed by atoms with E-state index in [0.29, 0.717) is 0 Å². The molecule has 0 spiro atoms. The van der Waals surface area contributed by atoms with Gasteiger partial charge in [-0.05, 0) is 72.8 Å². The monoisotopic (exact) mass is 600 g/mol. The maximum Gasteiger partial charge on any atom is 0.178 e. The van der Waals surface area contributed by atoms with E-state index < -0.39 is 0 Å². The SMILES string of the molecule is c1ccc(-n2c3ccccc3c3c2ccc2c4c5c(ccc4n(-c4ccccc4)c23)c2nc3ncccc3n2c2cccnc52)cc1. The summed E-state index contributed by atoms with van der Waals surface area (Å²) < 4.78 is 7.04. The van der Waals surface area contributed by atoms with Crippen molar-refractivity contribution in [3.63, 3.8) is 0 Å². The molecule has 0 N–H and O–H groups in total. The third-order valence-electron chi connectivity index (χ3n) is 9.69. The molecular formula is C41H24N6. The first-order chi connectivity index (χ1) is 23.4. The summed E-state index contributed by atoms with van der Waals surface area (Å²) in [6.07, 6.45) is 3.70. The fraction of sp³-hybridized carbons (Fsp3) is 0. The molecule has 11 rings (SSSR count). The van der Waals surface area contributed by atoms with Crippen molar-refractivity contribution in [1.82, 2.24) is 28.5 Å². The van der Waals surface area contributed by atoms with Crippen LogP contribution in [0.25, 0.3) is 93.6 Å². The number of hydrogen-bond donors (Lipinski definition) is 0. The molecule has 0 aliphatic heterocycles. The van der Waals surface area contributed by atoms with Crippen molar-refractivity contribution in [2.45, 2.75) is 0 Å². The predicted octanol–water partition coefficient (Wildman–Crippen LogP) is 9.78. The van der Waals surface area contributed by atoms with E-state index >= 15 is 0 Å². The maximum atomic E-state index is 5.09. The van der Waals surface area contributed by atoms with Crippen LogP contribution in [0.3, 0.4) is 0 Å². The molecule has 0 saturated carbocycles. The van der Waals surface area contributed by atoms with E-state index in [9.17, 15) is 0 Å². The molecule has 47 heavy (non-hydrogen) atoms. The fourth-order valence-electron chi connectivity index (χ4n) is 7.89. The van der Waals surface area contributed by atoms with Crippen LogP contribution >= 0.6 is 0 Å². The van der Waals surface area contributed by atoms with E-state index in [1.807, 2.05) is 18.3 Å². The minimum absolute atomic E-state index is 0.729. The molecule has 0 saturated heterocycles. The number of fused-ring (bicyclic) bond motifs is 16. The van der Waals surface area contributed by atoms with Gasteiger partial charge in [-0.15, -0.1) is 0 Å². The van der Waals surface area contributed by atoms with Gasteiger partial charge in [0.15, 0.2) is 5.65 Å². The van der Waals surface area contributed by atoms with Crippen molar-refractivity contribution < 1.29 is 0 Å². The molecule has 0 bridgehead atoms. The fourth-order valence-corrected chi connectivity index (χ4v) is 7.89. The first-order valence-corrected chi connectivity index (χ1v) is 15.8. The lowest BCUT2D eigenvalue weighted by Gasteiger charge is -2.11. The molecule has 11 aromatic rings. The van der Waals surface area contributed by atoms with Gasteiger partial charge in [0, 0.05) is 56.1 Å². The van der Waals surface area contributed by atoms with Crippen LogP contribution in [0.1, 0.15) is 0 Å². The summed E-state index contributed by atoms with van der Waals surface area (Å²) in [5, 5.41) is 6.96. The number of pyridine rings is 3. The lowest BCUT2D eigenvalue weighted by molar-refractivity contribution is 1.17. The summed E-state index contributed by atoms with van der Waals surface area (Å²) in [5.41, 5.74) is 11.5. The Balaban J connectivity index is 1.43. The normalized spacial score (nSPS) is 12.3. The minimum atomic E-state index is 0.729. The highest BCUT2D eigenvalue weighted by atomic mass is 15.1. The van der Waals surface area contributed by atoms with Crippen molar-refractivity contribution in [2.75, 3.05) is 0 Å². The molecule has 6 nitrogen and oxygen atoms in total. The summed E-state index contributed by atoms with van der Waals surface area (Å²) in [6.45, 7) is 0. The van der Waals surface area contributed by atoms with Gasteiger partial charge in [-0.2, -0.15) is 0 Å². The summed E-state index contributed by atoms with van der Waals surface area (Å²) in [5.74, 6) is 0. The van der Waals surface area contributed by atoms with Gasteiger partial charge >= 0.3 is 0 Å². The number of aromatic nitrogens is 6. The molecule has 218 valence electrons. The molecule has 0 atom stereocenters. The van der Waals surface area contributed by atoms with Crippen LogP contribution in [0.15, 0.2) is 146 Å². The van der Waals surface area contributed by atoms with Crippen LogP contribution in [0.4, 0.5) is 0 Å². The highest BCUT2D eigenvalue weighted by molar-refractivity contribution is 6.34. The zero-order chi connectivity index (χ0) is 30.6. The van der Waals surface area contributed by atoms with E-state index in [2.05, 4.69) is 140 Å². The van der Waals surface area contributed by atoms with Gasteiger partial charge < -0.3 is 9.13 Å². The van der Waals surface area contributed by atoms with Crippen LogP contribution in [0, 0.1) is 0 Å². The van der Waals surface area contributed by atoms with Crippen LogP contribution < -0.4 is 0 Å². The van der Waals surface area contributed by atoms with Gasteiger partial charge in [0.05, 0.1) is 38.6 Å². The Morgan fingerprint density at radius 1 is 0.404 bits per heavy atom. The summed E-state index contributed by atoms with van der Waals surface area (Å²) in [4.78, 5) is 14.8. The Bertz CT molecular complexity index is 3060. The molecular weight excluding hydrogens is 576 g/mol. The Labute approximate surface area is 267 Å². The zero-order valence-corrected chi connectivity index (χ0v) is 25.0. The van der Waals surface area contributed by atoms with Gasteiger partial charge in [-0.3, -0.25) is 9.38 Å². The van der Waals surface area contributed by atoms with Gasteiger partial charge in [0.25, 0.3) is 0 Å². The van der Waals surface area contributed by atoms with Crippen molar-refractivity contribution in [1.29, 1.82) is 0 Å². The second kappa shape index (κ2) is 9.02. The molecule has 0 amide bonds. The average molecular weight is 601 g/mol. The maximum absolute atomic E-state index is 5.09. The zero-order valence-electron chi connectivity index (χ0n) is 25.0. The van der Waals surface area contributed by atoms with Gasteiger partial charge in [0.1, 0.15) is 5.65 Å². The lowest BCUT2D eigenvalue weighted by Crippen LogP contribution is -1.96. The molecule has 5 aromatic carbocycles. The smallest absolute Gasteiger partial charge is 0.178 e. The Morgan fingerprint density at radius 2 is 1.04 bits per heavy atom. The number of hydrogen-bond acceptors (Lipinski definition) is 3. The highest BCUT2D eigenvalue weighted by Gasteiger charge is 2.24. The number of para-hydroxylation sites is 3. The topological polar surface area (TPSA) is 52.9 Å². The Kier molecular flexibility index (Phi) is 4.75. The minimum Gasteiger partial charge on any atom is -0.309 e. The first-order valence-electron chi connectivity index (χ1n) is 15.8. The third-order valence-corrected chi connectivity index (χ3v) is 9.69.